The number of amides is 1. The van der Waals surface area contributed by atoms with E-state index in [1.165, 1.54) is 0 Å². The lowest BCUT2D eigenvalue weighted by molar-refractivity contribution is 0.0258. The van der Waals surface area contributed by atoms with Gasteiger partial charge in [-0.25, -0.2) is 4.79 Å². The van der Waals surface area contributed by atoms with Crippen LogP contribution < -0.4 is 5.32 Å². The third kappa shape index (κ3) is 6.83. The summed E-state index contributed by atoms with van der Waals surface area (Å²) in [5, 5.41) is 3.39. The summed E-state index contributed by atoms with van der Waals surface area (Å²) in [6.07, 6.45) is 0.609. The minimum absolute atomic E-state index is 0.142. The number of hydrogen-bond donors (Lipinski definition) is 1. The van der Waals surface area contributed by atoms with Crippen molar-refractivity contribution in [3.05, 3.63) is 22.6 Å². The van der Waals surface area contributed by atoms with Crippen molar-refractivity contribution in [1.29, 1.82) is 0 Å². The van der Waals surface area contributed by atoms with E-state index in [0.29, 0.717) is 13.1 Å². The molecule has 1 N–H and O–H groups in total. The summed E-state index contributed by atoms with van der Waals surface area (Å²) in [7, 11) is 0. The molecular formula is C16H27BrN2O3. The summed E-state index contributed by atoms with van der Waals surface area (Å²) >= 11 is 3.30. The summed E-state index contributed by atoms with van der Waals surface area (Å²) in [5.41, 5.74) is -0.454. The van der Waals surface area contributed by atoms with E-state index in [-0.39, 0.29) is 12.1 Å². The number of ether oxygens (including phenoxy) is 1. The molecule has 0 spiro atoms. The maximum Gasteiger partial charge on any atom is 0.410 e. The molecular weight excluding hydrogens is 348 g/mol. The first-order valence-electron chi connectivity index (χ1n) is 7.69. The summed E-state index contributed by atoms with van der Waals surface area (Å²) in [6.45, 7) is 11.8. The monoisotopic (exact) mass is 374 g/mol. The highest BCUT2D eigenvalue weighted by Gasteiger charge is 2.20. The highest BCUT2D eigenvalue weighted by molar-refractivity contribution is 9.10. The molecule has 1 atom stereocenters. The Balaban J connectivity index is 2.31. The Morgan fingerprint density at radius 3 is 2.64 bits per heavy atom. The van der Waals surface area contributed by atoms with Crippen LogP contribution in [0, 0.1) is 0 Å². The summed E-state index contributed by atoms with van der Waals surface area (Å²) in [5.74, 6) is 0.895. The molecule has 0 bridgehead atoms. The molecule has 1 amide bonds. The van der Waals surface area contributed by atoms with Crippen LogP contribution in [0.3, 0.4) is 0 Å². The number of nitrogens with zero attached hydrogens (tertiary/aromatic N) is 1. The van der Waals surface area contributed by atoms with E-state index in [0.717, 1.165) is 23.4 Å². The maximum atomic E-state index is 12.0. The smallest absolute Gasteiger partial charge is 0.410 e. The van der Waals surface area contributed by atoms with Crippen molar-refractivity contribution in [3.8, 4) is 0 Å². The van der Waals surface area contributed by atoms with Crippen molar-refractivity contribution in [2.24, 2.45) is 0 Å². The fourth-order valence-electron chi connectivity index (χ4n) is 1.96. The van der Waals surface area contributed by atoms with Crippen LogP contribution in [0.25, 0.3) is 0 Å². The van der Waals surface area contributed by atoms with Gasteiger partial charge in [0.05, 0.1) is 6.04 Å². The van der Waals surface area contributed by atoms with Gasteiger partial charge in [0, 0.05) is 13.1 Å². The minimum Gasteiger partial charge on any atom is -0.453 e. The average molecular weight is 375 g/mol. The van der Waals surface area contributed by atoms with E-state index in [1.54, 1.807) is 4.90 Å². The molecule has 5 nitrogen and oxygen atoms in total. The van der Waals surface area contributed by atoms with Crippen LogP contribution in [-0.2, 0) is 4.74 Å². The molecule has 1 aromatic heterocycles. The van der Waals surface area contributed by atoms with E-state index in [1.807, 2.05) is 39.8 Å². The highest BCUT2D eigenvalue weighted by Crippen LogP contribution is 2.19. The number of rotatable bonds is 7. The Morgan fingerprint density at radius 1 is 1.45 bits per heavy atom. The van der Waals surface area contributed by atoms with Gasteiger partial charge in [0.15, 0.2) is 4.67 Å². The SMILES string of the molecule is CCN(CCCNC(C)c1ccc(Br)o1)C(=O)OC(C)(C)C. The van der Waals surface area contributed by atoms with Gasteiger partial charge in [-0.05, 0) is 75.6 Å². The van der Waals surface area contributed by atoms with Gasteiger partial charge < -0.3 is 19.4 Å². The molecule has 126 valence electrons. The zero-order valence-corrected chi connectivity index (χ0v) is 15.7. The van der Waals surface area contributed by atoms with Crippen LogP contribution in [0.15, 0.2) is 21.2 Å². The molecule has 6 heteroatoms. The number of carbonyl (C=O) groups is 1. The molecule has 0 radical (unpaired) electrons. The van der Waals surface area contributed by atoms with Crippen LogP contribution in [0.2, 0.25) is 0 Å². The molecule has 0 fully saturated rings. The topological polar surface area (TPSA) is 54.7 Å². The molecule has 0 saturated heterocycles. The first-order chi connectivity index (χ1) is 10.2. The van der Waals surface area contributed by atoms with E-state index >= 15 is 0 Å². The van der Waals surface area contributed by atoms with Gasteiger partial charge in [0.2, 0.25) is 0 Å². The van der Waals surface area contributed by atoms with Crippen molar-refractivity contribution in [1.82, 2.24) is 10.2 Å². The standard InChI is InChI=1S/C16H27BrN2O3/c1-6-19(15(20)22-16(3,4)5)11-7-10-18-12(2)13-8-9-14(17)21-13/h8-9,12,18H,6-7,10-11H2,1-5H3. The zero-order valence-electron chi connectivity index (χ0n) is 14.1. The second-order valence-corrected chi connectivity index (χ2v) is 7.01. The predicted molar refractivity (Wildman–Crippen MR) is 90.9 cm³/mol. The number of nitrogens with one attached hydrogen (secondary N) is 1. The van der Waals surface area contributed by atoms with Crippen molar-refractivity contribution in [2.45, 2.75) is 52.7 Å². The Bertz CT molecular complexity index is 468. The lowest BCUT2D eigenvalue weighted by atomic mass is 10.2. The fourth-order valence-corrected chi connectivity index (χ4v) is 2.27. The molecule has 22 heavy (non-hydrogen) atoms. The third-order valence-corrected chi connectivity index (χ3v) is 3.54. The molecule has 0 saturated carbocycles. The largest absolute Gasteiger partial charge is 0.453 e. The van der Waals surface area contributed by atoms with Gasteiger partial charge in [-0.15, -0.1) is 0 Å². The quantitative estimate of drug-likeness (QED) is 0.721. The Morgan fingerprint density at radius 2 is 2.14 bits per heavy atom. The number of hydrogen-bond acceptors (Lipinski definition) is 4. The van der Waals surface area contributed by atoms with Crippen LogP contribution in [0.1, 0.15) is 52.8 Å². The van der Waals surface area contributed by atoms with Gasteiger partial charge in [-0.2, -0.15) is 0 Å². The molecule has 0 aliphatic rings. The molecule has 1 aromatic rings. The molecule has 1 heterocycles. The molecule has 0 aliphatic heterocycles. The molecule has 0 aliphatic carbocycles. The summed E-state index contributed by atoms with van der Waals surface area (Å²) in [6, 6.07) is 3.97. The van der Waals surface area contributed by atoms with Crippen molar-refractivity contribution >= 4 is 22.0 Å². The number of halogens is 1. The third-order valence-electron chi connectivity index (χ3n) is 3.11. The van der Waals surface area contributed by atoms with Gasteiger partial charge in [-0.1, -0.05) is 0 Å². The normalized spacial score (nSPS) is 13.0. The highest BCUT2D eigenvalue weighted by atomic mass is 79.9. The average Bonchev–Trinajstić information content (AvgIpc) is 2.83. The van der Waals surface area contributed by atoms with E-state index in [9.17, 15) is 4.79 Å². The maximum absolute atomic E-state index is 12.0. The van der Waals surface area contributed by atoms with Crippen LogP contribution in [0.4, 0.5) is 4.79 Å². The molecule has 1 rings (SSSR count). The van der Waals surface area contributed by atoms with Gasteiger partial charge >= 0.3 is 6.09 Å². The lowest BCUT2D eigenvalue weighted by Gasteiger charge is -2.26. The first-order valence-corrected chi connectivity index (χ1v) is 8.48. The number of carbonyl (C=O) groups excluding carboxylic acids is 1. The van der Waals surface area contributed by atoms with Gasteiger partial charge in [0.25, 0.3) is 0 Å². The van der Waals surface area contributed by atoms with Crippen molar-refractivity contribution in [3.63, 3.8) is 0 Å². The fraction of sp³-hybridized carbons (Fsp3) is 0.688. The second-order valence-electron chi connectivity index (χ2n) is 6.23. The number of furan rings is 1. The van der Waals surface area contributed by atoms with E-state index < -0.39 is 5.60 Å². The van der Waals surface area contributed by atoms with Crippen molar-refractivity contribution in [2.75, 3.05) is 19.6 Å². The van der Waals surface area contributed by atoms with E-state index in [2.05, 4.69) is 28.2 Å². The van der Waals surface area contributed by atoms with Crippen LogP contribution >= 0.6 is 15.9 Å². The molecule has 1 unspecified atom stereocenters. The Kier molecular flexibility index (Phi) is 7.42. The van der Waals surface area contributed by atoms with Gasteiger partial charge in [-0.3, -0.25) is 0 Å². The van der Waals surface area contributed by atoms with Crippen molar-refractivity contribution < 1.29 is 13.9 Å². The Hall–Kier alpha value is -1.01. The summed E-state index contributed by atoms with van der Waals surface area (Å²) in [4.78, 5) is 13.7. The first kappa shape index (κ1) is 19.0. The summed E-state index contributed by atoms with van der Waals surface area (Å²) < 4.78 is 11.6. The predicted octanol–water partition coefficient (Wildman–Crippen LogP) is 4.34. The van der Waals surface area contributed by atoms with Gasteiger partial charge in [0.1, 0.15) is 11.4 Å². The van der Waals surface area contributed by atoms with E-state index in [4.69, 9.17) is 9.15 Å². The Labute approximate surface area is 141 Å². The zero-order chi connectivity index (χ0) is 16.8. The minimum atomic E-state index is -0.454. The second kappa shape index (κ2) is 8.58. The van der Waals surface area contributed by atoms with Crippen LogP contribution in [0.5, 0.6) is 0 Å². The molecule has 0 aromatic carbocycles. The van der Waals surface area contributed by atoms with Crippen LogP contribution in [-0.4, -0.2) is 36.2 Å². The lowest BCUT2D eigenvalue weighted by Crippen LogP contribution is -2.38.